The average Bonchev–Trinajstić information content (AvgIpc) is 3.31. The number of hydrogen-bond donors (Lipinski definition) is 1. The van der Waals surface area contributed by atoms with Crippen LogP contribution in [0.3, 0.4) is 0 Å². The van der Waals surface area contributed by atoms with Gasteiger partial charge in [-0.15, -0.1) is 23.7 Å². The number of benzene rings is 1. The van der Waals surface area contributed by atoms with E-state index in [-0.39, 0.29) is 18.3 Å². The normalized spacial score (nSPS) is 16.3. The second kappa shape index (κ2) is 10.0. The van der Waals surface area contributed by atoms with Gasteiger partial charge in [0.15, 0.2) is 0 Å². The molecule has 0 radical (unpaired) electrons. The molecule has 2 heterocycles. The van der Waals surface area contributed by atoms with Crippen molar-refractivity contribution in [2.75, 3.05) is 19.6 Å². The lowest BCUT2D eigenvalue weighted by atomic mass is 10.1. The van der Waals surface area contributed by atoms with E-state index in [9.17, 15) is 4.79 Å². The van der Waals surface area contributed by atoms with Gasteiger partial charge in [-0.3, -0.25) is 4.79 Å². The molecule has 142 valence electrons. The number of hydrogen-bond acceptors (Lipinski definition) is 4. The molecule has 1 aliphatic heterocycles. The number of thiazole rings is 1. The maximum absolute atomic E-state index is 12.8. The number of carbonyl (C=O) groups is 1. The Bertz CT molecular complexity index is 695. The summed E-state index contributed by atoms with van der Waals surface area (Å²) in [6.07, 6.45) is 3.49. The highest BCUT2D eigenvalue weighted by Gasteiger charge is 2.26. The monoisotopic (exact) mass is 393 g/mol. The molecule has 1 aliphatic rings. The summed E-state index contributed by atoms with van der Waals surface area (Å²) in [6.45, 7) is 7.04. The second-order valence-corrected chi connectivity index (χ2v) is 7.46. The van der Waals surface area contributed by atoms with Crippen molar-refractivity contribution in [1.29, 1.82) is 0 Å². The molecule has 1 aromatic carbocycles. The molecule has 1 N–H and O–H groups in total. The Morgan fingerprint density at radius 1 is 1.31 bits per heavy atom. The van der Waals surface area contributed by atoms with Gasteiger partial charge < -0.3 is 10.2 Å². The smallest absolute Gasteiger partial charge is 0.228 e. The molecule has 6 heteroatoms. The van der Waals surface area contributed by atoms with Crippen LogP contribution in [0.1, 0.15) is 37.9 Å². The number of carbonyl (C=O) groups excluding carboxylic acids is 1. The van der Waals surface area contributed by atoms with Gasteiger partial charge in [-0.25, -0.2) is 4.98 Å². The lowest BCUT2D eigenvalue weighted by Crippen LogP contribution is -2.42. The van der Waals surface area contributed by atoms with Crippen LogP contribution in [0.5, 0.6) is 0 Å². The highest BCUT2D eigenvalue weighted by atomic mass is 35.5. The van der Waals surface area contributed by atoms with Crippen LogP contribution < -0.4 is 5.32 Å². The summed E-state index contributed by atoms with van der Waals surface area (Å²) in [5.74, 6) is 0.203. The predicted molar refractivity (Wildman–Crippen MR) is 111 cm³/mol. The molecule has 1 amide bonds. The van der Waals surface area contributed by atoms with E-state index in [1.54, 1.807) is 11.3 Å². The Balaban J connectivity index is 0.00000243. The average molecular weight is 394 g/mol. The largest absolute Gasteiger partial charge is 0.338 e. The third-order valence-corrected chi connectivity index (χ3v) is 5.69. The summed E-state index contributed by atoms with van der Waals surface area (Å²) in [6, 6.07) is 8.88. The first-order chi connectivity index (χ1) is 12.2. The maximum Gasteiger partial charge on any atom is 0.228 e. The number of amides is 1. The highest BCUT2D eigenvalue weighted by Crippen LogP contribution is 2.25. The Kier molecular flexibility index (Phi) is 8.07. The minimum absolute atomic E-state index is 0. The van der Waals surface area contributed by atoms with Crippen molar-refractivity contribution in [3.8, 4) is 10.6 Å². The first-order valence-electron chi connectivity index (χ1n) is 9.25. The first kappa shape index (κ1) is 20.9. The van der Waals surface area contributed by atoms with E-state index in [0.717, 1.165) is 55.2 Å². The van der Waals surface area contributed by atoms with E-state index in [0.29, 0.717) is 12.5 Å². The van der Waals surface area contributed by atoms with Crippen LogP contribution in [0.15, 0.2) is 29.6 Å². The molecule has 0 spiro atoms. The molecular weight excluding hydrogens is 366 g/mol. The van der Waals surface area contributed by atoms with E-state index < -0.39 is 0 Å². The molecule has 0 bridgehead atoms. The minimum atomic E-state index is 0. The molecule has 1 fully saturated rings. The van der Waals surface area contributed by atoms with Gasteiger partial charge in [0.05, 0.1) is 12.1 Å². The van der Waals surface area contributed by atoms with Gasteiger partial charge in [-0.05, 0) is 31.4 Å². The number of nitrogens with one attached hydrogen (secondary N) is 1. The minimum Gasteiger partial charge on any atom is -0.338 e. The van der Waals surface area contributed by atoms with Crippen molar-refractivity contribution in [3.05, 3.63) is 40.9 Å². The lowest BCUT2D eigenvalue weighted by Gasteiger charge is -2.28. The summed E-state index contributed by atoms with van der Waals surface area (Å²) in [7, 11) is 0. The molecule has 2 aromatic rings. The van der Waals surface area contributed by atoms with Gasteiger partial charge in [0.25, 0.3) is 0 Å². The molecule has 0 saturated carbocycles. The summed E-state index contributed by atoms with van der Waals surface area (Å²) >= 11 is 1.62. The van der Waals surface area contributed by atoms with Crippen LogP contribution in [0.2, 0.25) is 0 Å². The van der Waals surface area contributed by atoms with Crippen molar-refractivity contribution in [2.45, 2.75) is 45.6 Å². The zero-order chi connectivity index (χ0) is 17.6. The van der Waals surface area contributed by atoms with Crippen LogP contribution in [-0.4, -0.2) is 41.5 Å². The number of rotatable bonds is 7. The Hall–Kier alpha value is -1.43. The van der Waals surface area contributed by atoms with Gasteiger partial charge in [-0.2, -0.15) is 0 Å². The van der Waals surface area contributed by atoms with E-state index in [4.69, 9.17) is 4.98 Å². The van der Waals surface area contributed by atoms with E-state index >= 15 is 0 Å². The summed E-state index contributed by atoms with van der Waals surface area (Å²) in [5.41, 5.74) is 3.35. The third-order valence-electron chi connectivity index (χ3n) is 4.75. The number of aromatic nitrogens is 1. The van der Waals surface area contributed by atoms with E-state index in [1.165, 1.54) is 5.56 Å². The molecule has 26 heavy (non-hydrogen) atoms. The van der Waals surface area contributed by atoms with Crippen LogP contribution in [0.4, 0.5) is 0 Å². The molecule has 4 nitrogen and oxygen atoms in total. The number of aryl methyl sites for hydroxylation is 1. The molecule has 1 aromatic heterocycles. The molecule has 1 atom stereocenters. The zero-order valence-corrected chi connectivity index (χ0v) is 17.2. The van der Waals surface area contributed by atoms with Gasteiger partial charge in [0.1, 0.15) is 5.01 Å². The Labute approximate surface area is 166 Å². The van der Waals surface area contributed by atoms with Crippen molar-refractivity contribution in [2.24, 2.45) is 0 Å². The lowest BCUT2D eigenvalue weighted by molar-refractivity contribution is -0.132. The third kappa shape index (κ3) is 5.06. The fraction of sp³-hybridized carbons (Fsp3) is 0.500. The fourth-order valence-corrected chi connectivity index (χ4v) is 4.14. The molecule has 3 rings (SSSR count). The van der Waals surface area contributed by atoms with E-state index in [1.807, 2.05) is 5.38 Å². The fourth-order valence-electron chi connectivity index (χ4n) is 3.32. The maximum atomic E-state index is 12.8. The van der Waals surface area contributed by atoms with Crippen LogP contribution >= 0.6 is 23.7 Å². The quantitative estimate of drug-likeness (QED) is 0.774. The number of halogens is 1. The van der Waals surface area contributed by atoms with Crippen molar-refractivity contribution in [1.82, 2.24) is 15.2 Å². The molecular formula is C20H28ClN3OS. The van der Waals surface area contributed by atoms with Crippen molar-refractivity contribution in [3.63, 3.8) is 0 Å². The molecule has 1 saturated heterocycles. The van der Waals surface area contributed by atoms with Gasteiger partial charge in [-0.1, -0.05) is 38.1 Å². The SMILES string of the molecule is CCCN(C(=O)Cc1csc(-c2ccc(CC)cc2)n1)C1CCNC1.Cl. The second-order valence-electron chi connectivity index (χ2n) is 6.61. The van der Waals surface area contributed by atoms with Crippen LogP contribution in [0, 0.1) is 0 Å². The van der Waals surface area contributed by atoms with Gasteiger partial charge in [0.2, 0.25) is 5.91 Å². The summed E-state index contributed by atoms with van der Waals surface area (Å²) in [5, 5.41) is 6.38. The van der Waals surface area contributed by atoms with Gasteiger partial charge >= 0.3 is 0 Å². The zero-order valence-electron chi connectivity index (χ0n) is 15.5. The standard InChI is InChI=1S/C20H27N3OS.ClH/c1-3-11-23(18-9-10-21-13-18)19(24)12-17-14-25-20(22-17)16-7-5-15(4-2)6-8-16;/h5-8,14,18,21H,3-4,9-13H2,1-2H3;1H. The molecule has 1 unspecified atom stereocenters. The first-order valence-corrected chi connectivity index (χ1v) is 10.1. The van der Waals surface area contributed by atoms with Gasteiger partial charge in [0, 0.05) is 30.1 Å². The Morgan fingerprint density at radius 2 is 2.08 bits per heavy atom. The number of nitrogens with zero attached hydrogens (tertiary/aromatic N) is 2. The summed E-state index contributed by atoms with van der Waals surface area (Å²) in [4.78, 5) is 19.5. The van der Waals surface area contributed by atoms with Crippen LogP contribution in [0.25, 0.3) is 10.6 Å². The van der Waals surface area contributed by atoms with E-state index in [2.05, 4.69) is 48.3 Å². The van der Waals surface area contributed by atoms with Crippen molar-refractivity contribution < 1.29 is 4.79 Å². The van der Waals surface area contributed by atoms with Crippen LogP contribution in [-0.2, 0) is 17.6 Å². The Morgan fingerprint density at radius 3 is 2.69 bits per heavy atom. The topological polar surface area (TPSA) is 45.2 Å². The highest BCUT2D eigenvalue weighted by molar-refractivity contribution is 7.13. The molecule has 0 aliphatic carbocycles. The summed E-state index contributed by atoms with van der Waals surface area (Å²) < 4.78 is 0. The predicted octanol–water partition coefficient (Wildman–Crippen LogP) is 3.94. The van der Waals surface area contributed by atoms with Crippen molar-refractivity contribution >= 4 is 29.7 Å².